The number of aromatic nitrogens is 3. The van der Waals surface area contributed by atoms with Crippen LogP contribution in [0.15, 0.2) is 117 Å². The minimum atomic E-state index is -3.34. The van der Waals surface area contributed by atoms with Crippen molar-refractivity contribution >= 4 is 74.8 Å². The molecule has 0 aliphatic carbocycles. The van der Waals surface area contributed by atoms with Gasteiger partial charge in [-0.3, -0.25) is 14.5 Å². The van der Waals surface area contributed by atoms with Crippen LogP contribution in [0, 0.1) is 6.92 Å². The van der Waals surface area contributed by atoms with Crippen molar-refractivity contribution in [1.29, 1.82) is 0 Å². The molecule has 3 N–H and O–H groups in total. The predicted octanol–water partition coefficient (Wildman–Crippen LogP) is 6.18. The molecule has 2 aliphatic rings. The van der Waals surface area contributed by atoms with E-state index in [-0.39, 0.29) is 22.9 Å². The molecule has 3 aromatic carbocycles. The zero-order chi connectivity index (χ0) is 37.8. The van der Waals surface area contributed by atoms with E-state index in [2.05, 4.69) is 35.8 Å². The fourth-order valence-corrected chi connectivity index (χ4v) is 10.2. The lowest BCUT2D eigenvalue weighted by molar-refractivity contribution is -0.150. The molecule has 2 atom stereocenters. The number of aryl methyl sites for hydroxylation is 1. The highest BCUT2D eigenvalue weighted by Crippen LogP contribution is 2.43. The average Bonchev–Trinajstić information content (AvgIpc) is 3.83. The molecule has 7 rings (SSSR count). The van der Waals surface area contributed by atoms with Crippen LogP contribution in [0.5, 0.6) is 0 Å². The number of nitrogens with one attached hydrogen (secondary N) is 2. The third-order valence-electron chi connectivity index (χ3n) is 8.51. The summed E-state index contributed by atoms with van der Waals surface area (Å²) in [5, 5.41) is 29.5. The third kappa shape index (κ3) is 7.46. The second kappa shape index (κ2) is 16.1. The number of benzene rings is 3. The van der Waals surface area contributed by atoms with Gasteiger partial charge in [0.25, 0.3) is 11.8 Å². The Morgan fingerprint density at radius 3 is 2.17 bits per heavy atom. The number of hydrogen-bond acceptors (Lipinski definition) is 13. The highest BCUT2D eigenvalue weighted by Gasteiger charge is 2.54. The van der Waals surface area contributed by atoms with Gasteiger partial charge in [-0.15, -0.1) is 33.3 Å². The van der Waals surface area contributed by atoms with Crippen molar-refractivity contribution in [3.63, 3.8) is 0 Å². The van der Waals surface area contributed by atoms with Gasteiger partial charge in [0, 0.05) is 16.9 Å². The Morgan fingerprint density at radius 2 is 1.63 bits per heavy atom. The normalized spacial score (nSPS) is 17.2. The first kappa shape index (κ1) is 37.2. The predicted molar refractivity (Wildman–Crippen MR) is 204 cm³/mol. The van der Waals surface area contributed by atoms with Gasteiger partial charge in [-0.1, -0.05) is 119 Å². The topological polar surface area (TPSA) is 159 Å². The summed E-state index contributed by atoms with van der Waals surface area (Å²) in [6.07, 6.45) is 0. The number of thiazole rings is 1. The van der Waals surface area contributed by atoms with Crippen molar-refractivity contribution in [2.24, 2.45) is 5.16 Å². The number of fused-ring (bicyclic) bond motifs is 1. The zero-order valence-corrected chi connectivity index (χ0v) is 31.4. The van der Waals surface area contributed by atoms with Crippen LogP contribution in [0.25, 0.3) is 0 Å². The van der Waals surface area contributed by atoms with Crippen LogP contribution in [0.2, 0.25) is 0 Å². The fraction of sp³-hybridized carbons (Fsp3) is 0.194. The molecule has 0 saturated carbocycles. The number of carboxylic acids is 1. The molecular weight excluding hydrogens is 777 g/mol. The summed E-state index contributed by atoms with van der Waals surface area (Å²) >= 11 is 5.09. The summed E-state index contributed by atoms with van der Waals surface area (Å²) in [5.74, 6) is -2.40. The largest absolute Gasteiger partial charge is 0.477 e. The molecule has 1 saturated heterocycles. The molecule has 5 aromatic rings. The van der Waals surface area contributed by atoms with Crippen molar-refractivity contribution in [1.82, 2.24) is 25.4 Å². The first-order valence-electron chi connectivity index (χ1n) is 16.2. The molecule has 0 radical (unpaired) electrons. The molecular formula is C36H29F2N7O5S4. The SMILES string of the molecule is Cc1nnc(SCC2=C(C(=O)O)N3C(=O)C(NC(=O)C(=NOC(F)F)c4csc(NC(c5ccccc5)(c5ccccc5)c5ccccc5)n4)[C@@H]3SC2)s1. The van der Waals surface area contributed by atoms with E-state index in [0.29, 0.717) is 15.0 Å². The summed E-state index contributed by atoms with van der Waals surface area (Å²) in [6, 6.07) is 28.0. The van der Waals surface area contributed by atoms with Crippen molar-refractivity contribution < 1.29 is 33.1 Å². The van der Waals surface area contributed by atoms with Crippen molar-refractivity contribution in [2.45, 2.75) is 34.8 Å². The fourth-order valence-electron chi connectivity index (χ4n) is 6.17. The number of nitrogens with zero attached hydrogens (tertiary/aromatic N) is 5. The Bertz CT molecular complexity index is 2120. The first-order chi connectivity index (χ1) is 26.2. The maximum absolute atomic E-state index is 13.7. The molecule has 276 valence electrons. The summed E-state index contributed by atoms with van der Waals surface area (Å²) in [5.41, 5.74) is 1.38. The van der Waals surface area contributed by atoms with E-state index in [1.54, 1.807) is 0 Å². The summed E-state index contributed by atoms with van der Waals surface area (Å²) in [4.78, 5) is 49.5. The van der Waals surface area contributed by atoms with E-state index in [0.717, 1.165) is 37.9 Å². The molecule has 0 bridgehead atoms. The second-order valence-electron chi connectivity index (χ2n) is 11.8. The quantitative estimate of drug-likeness (QED) is 0.0387. The minimum Gasteiger partial charge on any atom is -0.477 e. The monoisotopic (exact) mass is 805 g/mol. The molecule has 12 nitrogen and oxygen atoms in total. The number of anilines is 1. The van der Waals surface area contributed by atoms with Gasteiger partial charge < -0.3 is 20.6 Å². The Hall–Kier alpha value is -5.17. The Balaban J connectivity index is 1.15. The van der Waals surface area contributed by atoms with Gasteiger partial charge in [-0.05, 0) is 29.2 Å². The number of oxime groups is 1. The second-order valence-corrected chi connectivity index (χ2v) is 16.2. The number of aliphatic carboxylic acids is 1. The van der Waals surface area contributed by atoms with E-state index >= 15 is 0 Å². The highest BCUT2D eigenvalue weighted by molar-refractivity contribution is 8.01. The lowest BCUT2D eigenvalue weighted by atomic mass is 9.77. The summed E-state index contributed by atoms with van der Waals surface area (Å²) in [6.45, 7) is -1.53. The van der Waals surface area contributed by atoms with E-state index in [9.17, 15) is 28.3 Å². The minimum absolute atomic E-state index is 0.0824. The number of rotatable bonds is 14. The van der Waals surface area contributed by atoms with Gasteiger partial charge in [-0.2, -0.15) is 8.78 Å². The number of halogens is 2. The van der Waals surface area contributed by atoms with Crippen LogP contribution in [-0.2, 0) is 24.8 Å². The van der Waals surface area contributed by atoms with Crippen LogP contribution in [0.4, 0.5) is 13.9 Å². The molecule has 2 amide bonds. The number of thioether (sulfide) groups is 2. The van der Waals surface area contributed by atoms with Crippen LogP contribution >= 0.6 is 46.2 Å². The standard InChI is InChI=1S/C36H29F2N7O5S4/c1-20-42-43-35(54-20)53-18-21-17-51-31-27(30(47)45(31)28(21)32(48)49)40-29(46)26(44-50-33(37)38)25-19-52-34(39-25)41-36(22-11-5-2-6-12-22,23-13-7-3-8-14-23)24-15-9-4-10-16-24/h2-16,19,27,31,33H,17-18H2,1H3,(H,39,41)(H,40,46)(H,48,49)/t27?,31-/m0/s1. The Morgan fingerprint density at radius 1 is 1.02 bits per heavy atom. The van der Waals surface area contributed by atoms with Gasteiger partial charge in [0.1, 0.15) is 33.4 Å². The van der Waals surface area contributed by atoms with Crippen LogP contribution in [0.1, 0.15) is 27.4 Å². The first-order valence-corrected chi connectivity index (χ1v) is 19.9. The van der Waals surface area contributed by atoms with Crippen molar-refractivity contribution in [3.8, 4) is 0 Å². The van der Waals surface area contributed by atoms with Gasteiger partial charge in [0.2, 0.25) is 0 Å². The van der Waals surface area contributed by atoms with Gasteiger partial charge in [0.05, 0.1) is 0 Å². The van der Waals surface area contributed by atoms with Crippen LogP contribution < -0.4 is 10.6 Å². The van der Waals surface area contributed by atoms with E-state index < -0.39 is 47.1 Å². The molecule has 18 heteroatoms. The lowest BCUT2D eigenvalue weighted by Crippen LogP contribution is -2.71. The van der Waals surface area contributed by atoms with Gasteiger partial charge in [0.15, 0.2) is 15.2 Å². The molecule has 1 fully saturated rings. The number of carbonyl (C=O) groups excluding carboxylic acids is 2. The molecule has 2 aliphatic heterocycles. The number of carboxylic acid groups (broad SMARTS) is 1. The Labute approximate surface area is 323 Å². The molecule has 0 spiro atoms. The molecule has 54 heavy (non-hydrogen) atoms. The molecule has 1 unspecified atom stereocenters. The van der Waals surface area contributed by atoms with Crippen molar-refractivity contribution in [2.75, 3.05) is 16.8 Å². The maximum atomic E-state index is 13.7. The maximum Gasteiger partial charge on any atom is 0.407 e. The third-order valence-corrected chi connectivity index (χ3v) is 12.7. The van der Waals surface area contributed by atoms with E-state index in [1.165, 1.54) is 40.2 Å². The highest BCUT2D eigenvalue weighted by atomic mass is 32.2. The average molecular weight is 806 g/mol. The van der Waals surface area contributed by atoms with E-state index in [4.69, 9.17) is 0 Å². The number of β-lactam (4-membered cyclic amide) rings is 1. The number of carbonyl (C=O) groups is 3. The summed E-state index contributed by atoms with van der Waals surface area (Å²) < 4.78 is 27.3. The number of alkyl halides is 2. The number of amides is 2. The zero-order valence-electron chi connectivity index (χ0n) is 28.1. The van der Waals surface area contributed by atoms with Gasteiger partial charge >= 0.3 is 12.6 Å². The van der Waals surface area contributed by atoms with Crippen LogP contribution in [0.3, 0.4) is 0 Å². The van der Waals surface area contributed by atoms with Gasteiger partial charge in [-0.25, -0.2) is 9.78 Å². The lowest BCUT2D eigenvalue weighted by Gasteiger charge is -2.49. The number of hydrogen-bond donors (Lipinski definition) is 3. The smallest absolute Gasteiger partial charge is 0.407 e. The molecule has 2 aromatic heterocycles. The summed E-state index contributed by atoms with van der Waals surface area (Å²) in [7, 11) is 0. The van der Waals surface area contributed by atoms with Crippen molar-refractivity contribution in [3.05, 3.63) is 135 Å². The Kier molecular flexibility index (Phi) is 11.0. The van der Waals surface area contributed by atoms with Crippen LogP contribution in [-0.4, -0.2) is 78.2 Å². The van der Waals surface area contributed by atoms with E-state index in [1.807, 2.05) is 97.9 Å². The molecule has 4 heterocycles.